The number of hydrogen-bond donors (Lipinski definition) is 1. The second-order valence-electron chi connectivity index (χ2n) is 8.23. The van der Waals surface area contributed by atoms with Crippen LogP contribution in [0, 0.1) is 27.1 Å². The van der Waals surface area contributed by atoms with E-state index in [4.69, 9.17) is 4.74 Å². The maximum atomic E-state index is 12.5. The summed E-state index contributed by atoms with van der Waals surface area (Å²) >= 11 is 0. The van der Waals surface area contributed by atoms with Crippen LogP contribution >= 0.6 is 0 Å². The molecule has 0 spiro atoms. The molecule has 0 radical (unpaired) electrons. The predicted molar refractivity (Wildman–Crippen MR) is 114 cm³/mol. The number of aromatic nitrogens is 1. The van der Waals surface area contributed by atoms with E-state index in [0.717, 1.165) is 5.56 Å². The summed E-state index contributed by atoms with van der Waals surface area (Å²) in [5.74, 6) is 4.13. The van der Waals surface area contributed by atoms with E-state index in [2.05, 4.69) is 22.2 Å². The molecule has 9 heteroatoms. The van der Waals surface area contributed by atoms with Crippen LogP contribution in [0.3, 0.4) is 0 Å². The standard InChI is InChI=1S/C22H21N3O6/c1-22(2,3)20-9-13-8-19(31-7-5-4-6-23-29)18(27)10-14(13)16-11-17(26)15(12-25(16)20)21(28)24-30/h8,10-12,20,27H,6-7,9H2,1-3H3. The van der Waals surface area contributed by atoms with Crippen molar-refractivity contribution in [2.75, 3.05) is 13.2 Å². The Kier molecular flexibility index (Phi) is 6.02. The number of nitrogens with zero attached hydrogens (tertiary/aromatic N) is 3. The second kappa shape index (κ2) is 8.52. The van der Waals surface area contributed by atoms with Crippen LogP contribution in [0.4, 0.5) is 0 Å². The SMILES string of the molecule is CC(C)(C)C1Cc2cc(OCC#CCN=O)c(O)cc2-c2cc(=O)c(C(=O)N=O)cn21. The van der Waals surface area contributed by atoms with Crippen LogP contribution in [0.1, 0.15) is 42.7 Å². The molecule has 1 unspecified atom stereocenters. The molecule has 9 nitrogen and oxygen atoms in total. The molecule has 31 heavy (non-hydrogen) atoms. The number of nitroso groups, excluding NO2 is 2. The van der Waals surface area contributed by atoms with Crippen LogP contribution in [0.15, 0.2) is 39.5 Å². The molecule has 0 fully saturated rings. The van der Waals surface area contributed by atoms with Crippen molar-refractivity contribution in [1.82, 2.24) is 4.57 Å². The van der Waals surface area contributed by atoms with Crippen molar-refractivity contribution in [3.8, 4) is 34.6 Å². The van der Waals surface area contributed by atoms with Gasteiger partial charge in [-0.3, -0.25) is 9.59 Å². The summed E-state index contributed by atoms with van der Waals surface area (Å²) in [5.41, 5.74) is 0.827. The molecule has 1 N–H and O–H groups in total. The highest BCUT2D eigenvalue weighted by Gasteiger charge is 2.34. The fourth-order valence-electron chi connectivity index (χ4n) is 3.65. The van der Waals surface area contributed by atoms with E-state index < -0.39 is 11.3 Å². The van der Waals surface area contributed by atoms with Gasteiger partial charge in [-0.15, -0.1) is 9.81 Å². The maximum Gasteiger partial charge on any atom is 0.322 e. The molecule has 3 rings (SSSR count). The minimum atomic E-state index is -1.11. The Morgan fingerprint density at radius 2 is 2.00 bits per heavy atom. The lowest BCUT2D eigenvalue weighted by atomic mass is 9.78. The second-order valence-corrected chi connectivity index (χ2v) is 8.23. The number of phenols is 1. The molecule has 2 aromatic rings. The molecule has 0 bridgehead atoms. The van der Waals surface area contributed by atoms with Gasteiger partial charge >= 0.3 is 5.91 Å². The van der Waals surface area contributed by atoms with Crippen LogP contribution < -0.4 is 10.2 Å². The lowest BCUT2D eigenvalue weighted by Gasteiger charge is -2.39. The lowest BCUT2D eigenvalue weighted by Crippen LogP contribution is -2.32. The van der Waals surface area contributed by atoms with Gasteiger partial charge in [-0.25, -0.2) is 0 Å². The molecule has 1 aliphatic rings. The lowest BCUT2D eigenvalue weighted by molar-refractivity contribution is 0.0998. The third-order valence-electron chi connectivity index (χ3n) is 5.17. The molecule has 1 atom stereocenters. The predicted octanol–water partition coefficient (Wildman–Crippen LogP) is 3.42. The third kappa shape index (κ3) is 4.38. The number of benzene rings is 1. The Hall–Kier alpha value is -3.80. The Morgan fingerprint density at radius 1 is 1.26 bits per heavy atom. The molecule has 1 aromatic heterocycles. The van der Waals surface area contributed by atoms with Gasteiger partial charge in [-0.2, -0.15) is 0 Å². The molecule has 2 heterocycles. The van der Waals surface area contributed by atoms with Gasteiger partial charge in [0, 0.05) is 29.0 Å². The molecule has 1 aromatic carbocycles. The smallest absolute Gasteiger partial charge is 0.322 e. The van der Waals surface area contributed by atoms with Gasteiger partial charge in [-0.05, 0) is 29.5 Å². The minimum Gasteiger partial charge on any atom is -0.504 e. The fourth-order valence-corrected chi connectivity index (χ4v) is 3.65. The van der Waals surface area contributed by atoms with Crippen molar-refractivity contribution in [3.05, 3.63) is 55.6 Å². The highest BCUT2D eigenvalue weighted by atomic mass is 16.5. The van der Waals surface area contributed by atoms with Gasteiger partial charge in [0.05, 0.1) is 5.69 Å². The fraction of sp³-hybridized carbons (Fsp3) is 0.364. The summed E-state index contributed by atoms with van der Waals surface area (Å²) in [5, 5.41) is 15.4. The number of aromatic hydroxyl groups is 1. The van der Waals surface area contributed by atoms with Crippen molar-refractivity contribution in [2.45, 2.75) is 33.2 Å². The van der Waals surface area contributed by atoms with E-state index >= 15 is 0 Å². The average molecular weight is 423 g/mol. The Morgan fingerprint density at radius 3 is 2.65 bits per heavy atom. The van der Waals surface area contributed by atoms with Gasteiger partial charge in [0.2, 0.25) is 0 Å². The number of rotatable bonds is 4. The Labute approximate surface area is 178 Å². The summed E-state index contributed by atoms with van der Waals surface area (Å²) < 4.78 is 7.31. The number of carbonyl (C=O) groups is 1. The maximum absolute atomic E-state index is 12.5. The van der Waals surface area contributed by atoms with Gasteiger partial charge < -0.3 is 14.4 Å². The topological polar surface area (TPSA) is 127 Å². The summed E-state index contributed by atoms with van der Waals surface area (Å²) in [6, 6.07) is 4.33. The number of amides is 1. The van der Waals surface area contributed by atoms with Crippen molar-refractivity contribution in [1.29, 1.82) is 0 Å². The molecule has 0 saturated heterocycles. The number of hydrogen-bond acceptors (Lipinski definition) is 7. The summed E-state index contributed by atoms with van der Waals surface area (Å²) in [6.07, 6.45) is 1.91. The van der Waals surface area contributed by atoms with Crippen LogP contribution in [-0.4, -0.2) is 28.7 Å². The van der Waals surface area contributed by atoms with Crippen LogP contribution in [0.25, 0.3) is 11.3 Å². The summed E-state index contributed by atoms with van der Waals surface area (Å²) in [7, 11) is 0. The molecule has 0 aliphatic carbocycles. The molecular weight excluding hydrogens is 402 g/mol. The average Bonchev–Trinajstić information content (AvgIpc) is 2.72. The molecule has 0 saturated carbocycles. The van der Waals surface area contributed by atoms with E-state index in [-0.39, 0.29) is 41.7 Å². The highest BCUT2D eigenvalue weighted by Crippen LogP contribution is 2.45. The molecular formula is C22H21N3O6. The minimum absolute atomic E-state index is 0.0230. The quantitative estimate of drug-likeness (QED) is 0.593. The van der Waals surface area contributed by atoms with E-state index in [1.165, 1.54) is 18.3 Å². The largest absolute Gasteiger partial charge is 0.504 e. The zero-order valence-corrected chi connectivity index (χ0v) is 17.3. The number of phenolic OH excluding ortho intramolecular Hbond substituents is 1. The summed E-state index contributed by atoms with van der Waals surface area (Å²) in [4.78, 5) is 45.0. The first-order valence-corrected chi connectivity index (χ1v) is 9.55. The van der Waals surface area contributed by atoms with Crippen molar-refractivity contribution in [2.24, 2.45) is 15.8 Å². The van der Waals surface area contributed by atoms with Crippen molar-refractivity contribution >= 4 is 5.91 Å². The number of fused-ring (bicyclic) bond motifs is 3. The van der Waals surface area contributed by atoms with E-state index in [9.17, 15) is 24.5 Å². The molecule has 1 amide bonds. The number of pyridine rings is 1. The van der Waals surface area contributed by atoms with Crippen molar-refractivity contribution < 1.29 is 14.6 Å². The van der Waals surface area contributed by atoms with Crippen LogP contribution in [0.2, 0.25) is 0 Å². The first-order valence-electron chi connectivity index (χ1n) is 9.55. The Balaban J connectivity index is 2.12. The molecule has 1 aliphatic heterocycles. The highest BCUT2D eigenvalue weighted by molar-refractivity contribution is 5.94. The van der Waals surface area contributed by atoms with E-state index in [0.29, 0.717) is 17.7 Å². The van der Waals surface area contributed by atoms with Crippen LogP contribution in [-0.2, 0) is 6.42 Å². The summed E-state index contributed by atoms with van der Waals surface area (Å²) in [6.45, 7) is 5.92. The van der Waals surface area contributed by atoms with Crippen LogP contribution in [0.5, 0.6) is 11.5 Å². The zero-order chi connectivity index (χ0) is 22.8. The zero-order valence-electron chi connectivity index (χ0n) is 17.3. The molecule has 160 valence electrons. The first kappa shape index (κ1) is 21.9. The monoisotopic (exact) mass is 423 g/mol. The van der Waals surface area contributed by atoms with Gasteiger partial charge in [0.1, 0.15) is 18.7 Å². The van der Waals surface area contributed by atoms with Gasteiger partial charge in [-0.1, -0.05) is 37.8 Å². The van der Waals surface area contributed by atoms with Gasteiger partial charge in [0.15, 0.2) is 16.9 Å². The number of ether oxygens (including phenoxy) is 1. The first-order chi connectivity index (χ1) is 14.7. The third-order valence-corrected chi connectivity index (χ3v) is 5.17. The van der Waals surface area contributed by atoms with Crippen molar-refractivity contribution in [3.63, 3.8) is 0 Å². The Bertz CT molecular complexity index is 1180. The normalized spacial score (nSPS) is 14.5. The van der Waals surface area contributed by atoms with Gasteiger partial charge in [0.25, 0.3) is 0 Å². The van der Waals surface area contributed by atoms with E-state index in [1.54, 1.807) is 10.6 Å². The van der Waals surface area contributed by atoms with E-state index in [1.807, 2.05) is 20.8 Å². The number of carbonyl (C=O) groups excluding carboxylic acids is 1.